The third kappa shape index (κ3) is 2.24. The molecule has 1 aliphatic heterocycles. The zero-order valence-corrected chi connectivity index (χ0v) is 11.2. The Morgan fingerprint density at radius 1 is 1.40 bits per heavy atom. The summed E-state index contributed by atoms with van der Waals surface area (Å²) in [5.41, 5.74) is 7.05. The Kier molecular flexibility index (Phi) is 3.76. The minimum atomic E-state index is -0.567. The van der Waals surface area contributed by atoms with Gasteiger partial charge >= 0.3 is 5.97 Å². The molecule has 1 heterocycles. The van der Waals surface area contributed by atoms with E-state index in [9.17, 15) is 10.1 Å². The summed E-state index contributed by atoms with van der Waals surface area (Å²) >= 11 is 0. The molecule has 5 heteroatoms. The summed E-state index contributed by atoms with van der Waals surface area (Å²) in [5.74, 6) is -0.729. The molecule has 20 heavy (non-hydrogen) atoms. The number of allylic oxidation sites excluding steroid dienone is 2. The lowest BCUT2D eigenvalue weighted by molar-refractivity contribution is -0.136. The molecule has 0 aliphatic carbocycles. The van der Waals surface area contributed by atoms with Crippen molar-refractivity contribution in [2.75, 3.05) is 7.11 Å². The average Bonchev–Trinajstić information content (AvgIpc) is 2.46. The number of benzene rings is 1. The van der Waals surface area contributed by atoms with Gasteiger partial charge in [0.15, 0.2) is 0 Å². The Balaban J connectivity index is 2.63. The van der Waals surface area contributed by atoms with Crippen LogP contribution < -0.4 is 5.73 Å². The molecule has 0 radical (unpaired) electrons. The second-order valence-electron chi connectivity index (χ2n) is 4.30. The van der Waals surface area contributed by atoms with E-state index in [1.807, 2.05) is 36.4 Å². The molecule has 1 aliphatic rings. The van der Waals surface area contributed by atoms with Crippen molar-refractivity contribution in [3.8, 4) is 6.07 Å². The number of ether oxygens (including phenoxy) is 2. The molecule has 102 valence electrons. The quantitative estimate of drug-likeness (QED) is 0.830. The molecule has 0 bridgehead atoms. The highest BCUT2D eigenvalue weighted by molar-refractivity contribution is 5.92. The van der Waals surface area contributed by atoms with Crippen molar-refractivity contribution >= 4 is 5.97 Å². The highest BCUT2D eigenvalue weighted by atomic mass is 16.5. The van der Waals surface area contributed by atoms with Gasteiger partial charge in [0.25, 0.3) is 0 Å². The van der Waals surface area contributed by atoms with Crippen LogP contribution in [0.25, 0.3) is 0 Å². The van der Waals surface area contributed by atoms with Gasteiger partial charge in [-0.1, -0.05) is 30.3 Å². The summed E-state index contributed by atoms with van der Waals surface area (Å²) in [6.07, 6.45) is 0. The molecule has 0 spiro atoms. The molecule has 0 unspecified atom stereocenters. The topological polar surface area (TPSA) is 85.3 Å². The van der Waals surface area contributed by atoms with E-state index < -0.39 is 11.9 Å². The summed E-state index contributed by atoms with van der Waals surface area (Å²) in [6, 6.07) is 11.2. The molecular weight excluding hydrogens is 256 g/mol. The van der Waals surface area contributed by atoms with Crippen LogP contribution in [0.1, 0.15) is 18.4 Å². The van der Waals surface area contributed by atoms with Gasteiger partial charge in [-0.3, -0.25) is 0 Å². The molecule has 0 amide bonds. The predicted molar refractivity (Wildman–Crippen MR) is 71.8 cm³/mol. The predicted octanol–water partition coefficient (Wildman–Crippen LogP) is 1.94. The van der Waals surface area contributed by atoms with E-state index in [1.54, 1.807) is 6.92 Å². The van der Waals surface area contributed by atoms with Crippen LogP contribution in [0.3, 0.4) is 0 Å². The number of esters is 1. The first kappa shape index (κ1) is 13.7. The van der Waals surface area contributed by atoms with Crippen molar-refractivity contribution in [3.05, 3.63) is 58.7 Å². The van der Waals surface area contributed by atoms with Crippen LogP contribution >= 0.6 is 0 Å². The molecule has 1 aromatic carbocycles. The van der Waals surface area contributed by atoms with Crippen LogP contribution in [0.15, 0.2) is 53.1 Å². The number of carbonyl (C=O) groups excluding carboxylic acids is 1. The molecule has 5 nitrogen and oxygen atoms in total. The molecule has 0 saturated heterocycles. The smallest absolute Gasteiger partial charge is 0.338 e. The molecule has 2 rings (SSSR count). The van der Waals surface area contributed by atoms with E-state index in [0.717, 1.165) is 5.56 Å². The second-order valence-corrected chi connectivity index (χ2v) is 4.30. The second kappa shape index (κ2) is 5.49. The van der Waals surface area contributed by atoms with Gasteiger partial charge in [0.2, 0.25) is 5.88 Å². The van der Waals surface area contributed by atoms with Crippen LogP contribution in [0, 0.1) is 11.3 Å². The van der Waals surface area contributed by atoms with Crippen LogP contribution in [-0.2, 0) is 14.3 Å². The van der Waals surface area contributed by atoms with Crippen molar-refractivity contribution in [1.82, 2.24) is 0 Å². The summed E-state index contributed by atoms with van der Waals surface area (Å²) in [6.45, 7) is 1.63. The van der Waals surface area contributed by atoms with Crippen molar-refractivity contribution in [3.63, 3.8) is 0 Å². The number of carbonyl (C=O) groups is 1. The molecule has 0 aromatic heterocycles. The third-order valence-corrected chi connectivity index (χ3v) is 3.14. The maximum atomic E-state index is 12.0. The van der Waals surface area contributed by atoms with Crippen LogP contribution in [0.5, 0.6) is 0 Å². The number of rotatable bonds is 2. The van der Waals surface area contributed by atoms with Gasteiger partial charge in [-0.15, -0.1) is 0 Å². The molecule has 1 atom stereocenters. The zero-order chi connectivity index (χ0) is 14.7. The van der Waals surface area contributed by atoms with Crippen molar-refractivity contribution in [2.45, 2.75) is 12.8 Å². The van der Waals surface area contributed by atoms with Crippen LogP contribution in [0.4, 0.5) is 0 Å². The van der Waals surface area contributed by atoms with Crippen LogP contribution in [-0.4, -0.2) is 13.1 Å². The summed E-state index contributed by atoms with van der Waals surface area (Å²) in [5, 5.41) is 9.31. The molecular formula is C15H14N2O3. The van der Waals surface area contributed by atoms with Gasteiger partial charge in [-0.05, 0) is 12.5 Å². The minimum absolute atomic E-state index is 0.0199. The highest BCUT2D eigenvalue weighted by Gasteiger charge is 2.35. The average molecular weight is 270 g/mol. The van der Waals surface area contributed by atoms with Gasteiger partial charge in [-0.25, -0.2) is 4.79 Å². The van der Waals surface area contributed by atoms with Gasteiger partial charge in [-0.2, -0.15) is 5.26 Å². The Labute approximate surface area is 116 Å². The van der Waals surface area contributed by atoms with Crippen molar-refractivity contribution in [2.24, 2.45) is 5.73 Å². The van der Waals surface area contributed by atoms with E-state index in [4.69, 9.17) is 15.2 Å². The van der Waals surface area contributed by atoms with E-state index in [2.05, 4.69) is 0 Å². The van der Waals surface area contributed by atoms with E-state index in [1.165, 1.54) is 7.11 Å². The monoisotopic (exact) mass is 270 g/mol. The van der Waals surface area contributed by atoms with E-state index >= 15 is 0 Å². The Hall–Kier alpha value is -2.74. The van der Waals surface area contributed by atoms with E-state index in [0.29, 0.717) is 11.3 Å². The minimum Gasteiger partial charge on any atom is -0.466 e. The lowest BCUT2D eigenvalue weighted by Gasteiger charge is -2.26. The Bertz CT molecular complexity index is 639. The maximum absolute atomic E-state index is 12.0. The van der Waals surface area contributed by atoms with Gasteiger partial charge in [0.05, 0.1) is 18.6 Å². The fourth-order valence-electron chi connectivity index (χ4n) is 2.23. The molecule has 0 saturated carbocycles. The Morgan fingerprint density at radius 3 is 2.60 bits per heavy atom. The zero-order valence-electron chi connectivity index (χ0n) is 11.2. The summed E-state index contributed by atoms with van der Waals surface area (Å²) in [7, 11) is 1.29. The summed E-state index contributed by atoms with van der Waals surface area (Å²) in [4.78, 5) is 12.0. The summed E-state index contributed by atoms with van der Waals surface area (Å²) < 4.78 is 10.1. The lowest BCUT2D eigenvalue weighted by atomic mass is 9.83. The first-order valence-electron chi connectivity index (χ1n) is 6.01. The van der Waals surface area contributed by atoms with E-state index in [-0.39, 0.29) is 11.5 Å². The number of hydrogen-bond donors (Lipinski definition) is 1. The van der Waals surface area contributed by atoms with Crippen LogP contribution in [0.2, 0.25) is 0 Å². The van der Waals surface area contributed by atoms with Crippen molar-refractivity contribution in [1.29, 1.82) is 5.26 Å². The number of hydrogen-bond acceptors (Lipinski definition) is 5. The molecule has 0 fully saturated rings. The van der Waals surface area contributed by atoms with Gasteiger partial charge in [0, 0.05) is 0 Å². The fourth-order valence-corrected chi connectivity index (χ4v) is 2.23. The maximum Gasteiger partial charge on any atom is 0.338 e. The third-order valence-electron chi connectivity index (χ3n) is 3.14. The standard InChI is InChI=1S/C15H14N2O3/c1-9-12(15(18)19-2)13(10-6-4-3-5-7-10)11(8-16)14(17)20-9/h3-7,13H,17H2,1-2H3/t13-/m1/s1. The number of methoxy groups -OCH3 is 1. The van der Waals surface area contributed by atoms with Gasteiger partial charge in [0.1, 0.15) is 17.4 Å². The number of nitriles is 1. The first-order valence-corrected chi connectivity index (χ1v) is 6.01. The highest BCUT2D eigenvalue weighted by Crippen LogP contribution is 2.39. The number of nitrogens with zero attached hydrogens (tertiary/aromatic N) is 1. The lowest BCUT2D eigenvalue weighted by Crippen LogP contribution is -2.24. The SMILES string of the molecule is COC(=O)C1=C(C)OC(N)=C(C#N)[C@H]1c1ccccc1. The molecule has 2 N–H and O–H groups in total. The number of nitrogens with two attached hydrogens (primary N) is 1. The first-order chi connectivity index (χ1) is 9.60. The molecule has 1 aromatic rings. The van der Waals surface area contributed by atoms with Crippen molar-refractivity contribution < 1.29 is 14.3 Å². The normalized spacial score (nSPS) is 18.4. The Morgan fingerprint density at radius 2 is 2.05 bits per heavy atom. The largest absolute Gasteiger partial charge is 0.466 e. The fraction of sp³-hybridized carbons (Fsp3) is 0.200. The van der Waals surface area contributed by atoms with Gasteiger partial charge < -0.3 is 15.2 Å².